The molecule has 5 N–H and O–H groups in total. The number of hydrogen-bond acceptors (Lipinski definition) is 3. The van der Waals surface area contributed by atoms with Gasteiger partial charge in [-0.05, 0) is 11.5 Å². The molecule has 0 atom stereocenters. The summed E-state index contributed by atoms with van der Waals surface area (Å²) in [5, 5.41) is 3.61. The number of rotatable bonds is 0. The van der Waals surface area contributed by atoms with Gasteiger partial charge in [-0.1, -0.05) is 12.2 Å². The molecule has 1 aromatic rings. The molecule has 1 aromatic heterocycles. The fourth-order valence-electron chi connectivity index (χ4n) is 0.177. The van der Waals surface area contributed by atoms with Crippen LogP contribution in [0.4, 0.5) is 0 Å². The predicted molar refractivity (Wildman–Crippen MR) is 34.5 cm³/mol. The summed E-state index contributed by atoms with van der Waals surface area (Å²) in [5.74, 6) is 0. The molecule has 0 unspecified atom stereocenters. The molecular formula is C2H6N2O2S2. The normalized spacial score (nSPS) is 6.50. The van der Waals surface area contributed by atoms with Crippen molar-refractivity contribution in [2.24, 2.45) is 0 Å². The quantitative estimate of drug-likeness (QED) is 0.513. The third-order valence-corrected chi connectivity index (χ3v) is 1.23. The zero-order valence-corrected chi connectivity index (χ0v) is 5.47. The molecule has 0 aliphatic heterocycles. The Morgan fingerprint density at radius 2 is 2.25 bits per heavy atom. The van der Waals surface area contributed by atoms with Gasteiger partial charge in [0.05, 0.1) is 6.20 Å². The van der Waals surface area contributed by atoms with Crippen LogP contribution in [0.2, 0.25) is 0 Å². The maximum absolute atomic E-state index is 4.67. The SMILES string of the molecule is O.O.S=c1cn[nH]s1. The summed E-state index contributed by atoms with van der Waals surface area (Å²) in [4.78, 5) is 0. The number of aromatic nitrogens is 2. The molecule has 1 heterocycles. The second-order valence-corrected chi connectivity index (χ2v) is 2.30. The summed E-state index contributed by atoms with van der Waals surface area (Å²) in [7, 11) is 0. The van der Waals surface area contributed by atoms with E-state index in [9.17, 15) is 0 Å². The lowest BCUT2D eigenvalue weighted by atomic mass is 11.0. The van der Waals surface area contributed by atoms with Crippen LogP contribution in [0.15, 0.2) is 6.20 Å². The van der Waals surface area contributed by atoms with Crippen LogP contribution in [0.3, 0.4) is 0 Å². The number of aromatic amines is 1. The second kappa shape index (κ2) is 4.85. The molecule has 0 saturated heterocycles. The maximum Gasteiger partial charge on any atom is 0.128 e. The Kier molecular flexibility index (Phi) is 6.45. The molecule has 0 bridgehead atoms. The van der Waals surface area contributed by atoms with Gasteiger partial charge in [0.25, 0.3) is 0 Å². The number of nitrogens with one attached hydrogen (secondary N) is 1. The van der Waals surface area contributed by atoms with Gasteiger partial charge in [0.2, 0.25) is 0 Å². The van der Waals surface area contributed by atoms with Gasteiger partial charge in [-0.3, -0.25) is 0 Å². The number of hydrogen-bond donors (Lipinski definition) is 1. The molecule has 0 spiro atoms. The van der Waals surface area contributed by atoms with E-state index in [4.69, 9.17) is 0 Å². The van der Waals surface area contributed by atoms with Crippen molar-refractivity contribution in [3.63, 3.8) is 0 Å². The maximum atomic E-state index is 4.67. The highest BCUT2D eigenvalue weighted by atomic mass is 32.2. The van der Waals surface area contributed by atoms with Crippen molar-refractivity contribution < 1.29 is 11.0 Å². The molecule has 0 fully saturated rings. The van der Waals surface area contributed by atoms with E-state index < -0.39 is 0 Å². The lowest BCUT2D eigenvalue weighted by Crippen LogP contribution is -1.51. The van der Waals surface area contributed by atoms with Crippen molar-refractivity contribution in [3.8, 4) is 0 Å². The van der Waals surface area contributed by atoms with Gasteiger partial charge in [-0.25, -0.2) is 4.49 Å². The van der Waals surface area contributed by atoms with Crippen molar-refractivity contribution in [3.05, 3.63) is 10.0 Å². The van der Waals surface area contributed by atoms with Gasteiger partial charge in [-0.15, -0.1) is 0 Å². The van der Waals surface area contributed by atoms with Crippen molar-refractivity contribution in [1.29, 1.82) is 0 Å². The lowest BCUT2D eigenvalue weighted by Gasteiger charge is -1.48. The first kappa shape index (κ1) is 10.6. The van der Waals surface area contributed by atoms with Crippen molar-refractivity contribution >= 4 is 23.8 Å². The van der Waals surface area contributed by atoms with Gasteiger partial charge in [-0.2, -0.15) is 5.10 Å². The van der Waals surface area contributed by atoms with E-state index in [1.165, 1.54) is 11.5 Å². The monoisotopic (exact) mass is 154 g/mol. The lowest BCUT2D eigenvalue weighted by molar-refractivity contribution is 0.823. The Hall–Kier alpha value is -0.300. The van der Waals surface area contributed by atoms with E-state index in [0.29, 0.717) is 0 Å². The fourth-order valence-corrected chi connectivity index (χ4v) is 0.642. The van der Waals surface area contributed by atoms with Gasteiger partial charge in [0.1, 0.15) is 3.82 Å². The Balaban J connectivity index is 0. The standard InChI is InChI=1S/C2H2N2S2.2H2O/c5-2-1-3-4-6-2;;/h1,4H;2*1H2. The predicted octanol–water partition coefficient (Wildman–Crippen LogP) is -0.449. The van der Waals surface area contributed by atoms with E-state index >= 15 is 0 Å². The van der Waals surface area contributed by atoms with Crippen molar-refractivity contribution in [1.82, 2.24) is 9.59 Å². The van der Waals surface area contributed by atoms with Crippen LogP contribution in [0.5, 0.6) is 0 Å². The van der Waals surface area contributed by atoms with Crippen LogP contribution >= 0.6 is 23.8 Å². The molecule has 0 aliphatic carbocycles. The average molecular weight is 154 g/mol. The highest BCUT2D eigenvalue weighted by Crippen LogP contribution is 1.88. The van der Waals surface area contributed by atoms with E-state index in [0.717, 1.165) is 3.82 Å². The average Bonchev–Trinajstić information content (AvgIpc) is 1.86. The minimum absolute atomic E-state index is 0. The molecule has 1 rings (SSSR count). The summed E-state index contributed by atoms with van der Waals surface area (Å²) < 4.78 is 3.42. The van der Waals surface area contributed by atoms with Crippen LogP contribution in [-0.2, 0) is 0 Å². The minimum Gasteiger partial charge on any atom is -0.412 e. The summed E-state index contributed by atoms with van der Waals surface area (Å²) >= 11 is 6.03. The molecule has 8 heavy (non-hydrogen) atoms. The van der Waals surface area contributed by atoms with Gasteiger partial charge < -0.3 is 11.0 Å². The first-order chi connectivity index (χ1) is 2.89. The molecule has 0 amide bonds. The summed E-state index contributed by atoms with van der Waals surface area (Å²) in [6.45, 7) is 0. The van der Waals surface area contributed by atoms with E-state index in [-0.39, 0.29) is 11.0 Å². The van der Waals surface area contributed by atoms with Crippen molar-refractivity contribution in [2.45, 2.75) is 0 Å². The van der Waals surface area contributed by atoms with Crippen LogP contribution in [-0.4, -0.2) is 20.5 Å². The molecule has 0 saturated carbocycles. The summed E-state index contributed by atoms with van der Waals surface area (Å²) in [5.41, 5.74) is 0. The molecule has 0 radical (unpaired) electrons. The first-order valence-corrected chi connectivity index (χ1v) is 2.61. The minimum atomic E-state index is 0. The van der Waals surface area contributed by atoms with Crippen LogP contribution in [0.1, 0.15) is 0 Å². The van der Waals surface area contributed by atoms with E-state index in [2.05, 4.69) is 21.8 Å². The van der Waals surface area contributed by atoms with E-state index in [1.54, 1.807) is 6.20 Å². The van der Waals surface area contributed by atoms with E-state index in [1.807, 2.05) is 0 Å². The second-order valence-electron chi connectivity index (χ2n) is 0.771. The fraction of sp³-hybridized carbons (Fsp3) is 0. The Morgan fingerprint density at radius 1 is 1.62 bits per heavy atom. The molecular weight excluding hydrogens is 148 g/mol. The number of H-pyrrole nitrogens is 1. The van der Waals surface area contributed by atoms with Gasteiger partial charge >= 0.3 is 0 Å². The highest BCUT2D eigenvalue weighted by molar-refractivity contribution is 7.73. The Morgan fingerprint density at radius 3 is 2.38 bits per heavy atom. The Bertz CT molecular complexity index is 154. The smallest absolute Gasteiger partial charge is 0.128 e. The molecule has 48 valence electrons. The topological polar surface area (TPSA) is 91.7 Å². The molecule has 4 nitrogen and oxygen atoms in total. The summed E-state index contributed by atoms with van der Waals surface area (Å²) in [6.07, 6.45) is 1.61. The largest absolute Gasteiger partial charge is 0.412 e. The summed E-state index contributed by atoms with van der Waals surface area (Å²) in [6, 6.07) is 0. The zero-order chi connectivity index (χ0) is 4.41. The van der Waals surface area contributed by atoms with Crippen LogP contribution < -0.4 is 0 Å². The highest BCUT2D eigenvalue weighted by Gasteiger charge is 1.69. The van der Waals surface area contributed by atoms with Crippen molar-refractivity contribution in [2.75, 3.05) is 0 Å². The number of nitrogens with zero attached hydrogens (tertiary/aromatic N) is 1. The van der Waals surface area contributed by atoms with Gasteiger partial charge in [0.15, 0.2) is 0 Å². The zero-order valence-electron chi connectivity index (χ0n) is 3.84. The van der Waals surface area contributed by atoms with Crippen LogP contribution in [0.25, 0.3) is 0 Å². The first-order valence-electron chi connectivity index (χ1n) is 1.38. The third-order valence-electron chi connectivity index (χ3n) is 0.369. The molecule has 6 heteroatoms. The molecule has 0 aromatic carbocycles. The van der Waals surface area contributed by atoms with Gasteiger partial charge in [0, 0.05) is 0 Å². The molecule has 0 aliphatic rings. The van der Waals surface area contributed by atoms with Crippen LogP contribution in [0, 0.1) is 3.82 Å². The Labute approximate surface area is 54.9 Å². The third kappa shape index (κ3) is 2.80.